The van der Waals surface area contributed by atoms with Crippen molar-refractivity contribution in [2.45, 2.75) is 51.9 Å². The fourth-order valence-corrected chi connectivity index (χ4v) is 4.32. The molecule has 2 aliphatic rings. The molecule has 1 spiro atoms. The van der Waals surface area contributed by atoms with Crippen molar-refractivity contribution in [2.24, 2.45) is 5.41 Å². The standard InChI is InChI=1S/C20H32N2O3/c1-16(18-4-3-17(2)25-18)6-10-21-11-8-20(9-12-21)7-5-19(24)22(15-20)13-14-23/h3-4,16,23H,5-15H2,1-2H3. The Kier molecular flexibility index (Phi) is 5.85. The molecule has 1 aromatic rings. The number of piperidine rings is 2. The smallest absolute Gasteiger partial charge is 0.222 e. The van der Waals surface area contributed by atoms with Gasteiger partial charge < -0.3 is 19.3 Å². The van der Waals surface area contributed by atoms with E-state index in [1.54, 1.807) is 0 Å². The van der Waals surface area contributed by atoms with E-state index in [9.17, 15) is 9.90 Å². The quantitative estimate of drug-likeness (QED) is 0.859. The fourth-order valence-electron chi connectivity index (χ4n) is 4.32. The molecule has 2 saturated heterocycles. The number of amides is 1. The predicted molar refractivity (Wildman–Crippen MR) is 97.5 cm³/mol. The molecular formula is C20H32N2O3. The second kappa shape index (κ2) is 7.92. The Morgan fingerprint density at radius 2 is 2.00 bits per heavy atom. The lowest BCUT2D eigenvalue weighted by molar-refractivity contribution is -0.139. The number of likely N-dealkylation sites (tertiary alicyclic amines) is 2. The molecule has 3 heterocycles. The lowest BCUT2D eigenvalue weighted by atomic mass is 9.72. The number of nitrogens with zero attached hydrogens (tertiary/aromatic N) is 2. The van der Waals surface area contributed by atoms with Crippen LogP contribution in [0.1, 0.15) is 56.5 Å². The van der Waals surface area contributed by atoms with Crippen LogP contribution in [0, 0.1) is 12.3 Å². The van der Waals surface area contributed by atoms with Gasteiger partial charge in [0.25, 0.3) is 0 Å². The molecule has 25 heavy (non-hydrogen) atoms. The van der Waals surface area contributed by atoms with Crippen LogP contribution in [0.4, 0.5) is 0 Å². The minimum atomic E-state index is 0.0675. The first kappa shape index (κ1) is 18.5. The molecule has 1 N–H and O–H groups in total. The van der Waals surface area contributed by atoms with Crippen molar-refractivity contribution >= 4 is 5.91 Å². The molecule has 0 aromatic carbocycles. The van der Waals surface area contributed by atoms with Gasteiger partial charge in [0.15, 0.2) is 0 Å². The van der Waals surface area contributed by atoms with Gasteiger partial charge in [0.1, 0.15) is 11.5 Å². The summed E-state index contributed by atoms with van der Waals surface area (Å²) in [4.78, 5) is 16.4. The van der Waals surface area contributed by atoms with E-state index in [2.05, 4.69) is 17.9 Å². The van der Waals surface area contributed by atoms with Crippen LogP contribution in [-0.4, -0.2) is 60.1 Å². The molecule has 1 aromatic heterocycles. The Bertz CT molecular complexity index is 575. The molecule has 140 valence electrons. The molecule has 0 radical (unpaired) electrons. The Labute approximate surface area is 151 Å². The number of aliphatic hydroxyl groups excluding tert-OH is 1. The van der Waals surface area contributed by atoms with Gasteiger partial charge in [-0.1, -0.05) is 6.92 Å². The number of aliphatic hydroxyl groups is 1. The monoisotopic (exact) mass is 348 g/mol. The third-order valence-electron chi connectivity index (χ3n) is 6.16. The topological polar surface area (TPSA) is 56.9 Å². The number of furan rings is 1. The van der Waals surface area contributed by atoms with E-state index < -0.39 is 0 Å². The van der Waals surface area contributed by atoms with E-state index >= 15 is 0 Å². The third-order valence-corrected chi connectivity index (χ3v) is 6.16. The Morgan fingerprint density at radius 1 is 1.24 bits per heavy atom. The van der Waals surface area contributed by atoms with E-state index in [0.717, 1.165) is 63.4 Å². The molecule has 0 saturated carbocycles. The number of hydrogen-bond acceptors (Lipinski definition) is 4. The maximum Gasteiger partial charge on any atom is 0.222 e. The average molecular weight is 348 g/mol. The molecule has 2 aliphatic heterocycles. The minimum Gasteiger partial charge on any atom is -0.466 e. The van der Waals surface area contributed by atoms with Crippen molar-refractivity contribution in [3.05, 3.63) is 23.7 Å². The second-order valence-electron chi connectivity index (χ2n) is 8.02. The molecule has 2 fully saturated rings. The second-order valence-corrected chi connectivity index (χ2v) is 8.02. The van der Waals surface area contributed by atoms with Crippen LogP contribution in [0.15, 0.2) is 16.5 Å². The summed E-state index contributed by atoms with van der Waals surface area (Å²) >= 11 is 0. The van der Waals surface area contributed by atoms with Crippen LogP contribution in [0.3, 0.4) is 0 Å². The number of rotatable bonds is 6. The number of carbonyl (C=O) groups is 1. The summed E-state index contributed by atoms with van der Waals surface area (Å²) in [6, 6.07) is 4.14. The predicted octanol–water partition coefficient (Wildman–Crippen LogP) is 2.78. The first-order chi connectivity index (χ1) is 12.0. The van der Waals surface area contributed by atoms with Crippen molar-refractivity contribution in [2.75, 3.05) is 39.3 Å². The molecule has 3 rings (SSSR count). The highest BCUT2D eigenvalue weighted by atomic mass is 16.3. The van der Waals surface area contributed by atoms with Crippen molar-refractivity contribution in [1.29, 1.82) is 0 Å². The van der Waals surface area contributed by atoms with Gasteiger partial charge in [-0.25, -0.2) is 0 Å². The van der Waals surface area contributed by atoms with E-state index in [1.807, 2.05) is 17.9 Å². The highest BCUT2D eigenvalue weighted by Gasteiger charge is 2.40. The van der Waals surface area contributed by atoms with Gasteiger partial charge in [0.2, 0.25) is 5.91 Å². The summed E-state index contributed by atoms with van der Waals surface area (Å²) in [6.07, 6.45) is 5.11. The molecular weight excluding hydrogens is 316 g/mol. The summed E-state index contributed by atoms with van der Waals surface area (Å²) in [5.74, 6) is 2.75. The van der Waals surface area contributed by atoms with Gasteiger partial charge >= 0.3 is 0 Å². The normalized spacial score (nSPS) is 22.5. The van der Waals surface area contributed by atoms with Crippen LogP contribution in [0.2, 0.25) is 0 Å². The number of β-amino-alcohol motifs (C(OH)–C–C–N with tert-alkyl or cyclic N) is 1. The van der Waals surface area contributed by atoms with Gasteiger partial charge in [-0.15, -0.1) is 0 Å². The van der Waals surface area contributed by atoms with E-state index in [1.165, 1.54) is 0 Å². The summed E-state index contributed by atoms with van der Waals surface area (Å²) in [5.41, 5.74) is 0.281. The summed E-state index contributed by atoms with van der Waals surface area (Å²) < 4.78 is 5.74. The number of carbonyl (C=O) groups excluding carboxylic acids is 1. The molecule has 1 unspecified atom stereocenters. The van der Waals surface area contributed by atoms with Crippen molar-refractivity contribution in [1.82, 2.24) is 9.80 Å². The summed E-state index contributed by atoms with van der Waals surface area (Å²) in [6.45, 7) is 8.97. The molecule has 1 amide bonds. The van der Waals surface area contributed by atoms with E-state index in [-0.39, 0.29) is 17.9 Å². The molecule has 0 aliphatic carbocycles. The SMILES string of the molecule is Cc1ccc(C(C)CCN2CCC3(CCC(=O)N(CCO)C3)CC2)o1. The van der Waals surface area contributed by atoms with Gasteiger partial charge in [-0.3, -0.25) is 4.79 Å². The Morgan fingerprint density at radius 3 is 2.64 bits per heavy atom. The van der Waals surface area contributed by atoms with Crippen molar-refractivity contribution in [3.63, 3.8) is 0 Å². The Balaban J connectivity index is 1.46. The van der Waals surface area contributed by atoms with Crippen molar-refractivity contribution < 1.29 is 14.3 Å². The molecule has 1 atom stereocenters. The molecule has 0 bridgehead atoms. The van der Waals surface area contributed by atoms with Crippen LogP contribution in [-0.2, 0) is 4.79 Å². The Hall–Kier alpha value is -1.33. The summed E-state index contributed by atoms with van der Waals surface area (Å²) in [7, 11) is 0. The van der Waals surface area contributed by atoms with Gasteiger partial charge in [-0.2, -0.15) is 0 Å². The largest absolute Gasteiger partial charge is 0.466 e. The zero-order valence-electron chi connectivity index (χ0n) is 15.7. The molecule has 5 nitrogen and oxygen atoms in total. The fraction of sp³-hybridized carbons (Fsp3) is 0.750. The van der Waals surface area contributed by atoms with Gasteiger partial charge in [0.05, 0.1) is 6.61 Å². The zero-order chi connectivity index (χ0) is 17.9. The highest BCUT2D eigenvalue weighted by molar-refractivity contribution is 5.77. The lowest BCUT2D eigenvalue weighted by Crippen LogP contribution is -2.52. The zero-order valence-corrected chi connectivity index (χ0v) is 15.7. The first-order valence-electron chi connectivity index (χ1n) is 9.69. The van der Waals surface area contributed by atoms with Crippen LogP contribution < -0.4 is 0 Å². The third kappa shape index (κ3) is 4.45. The lowest BCUT2D eigenvalue weighted by Gasteiger charge is -2.47. The first-order valence-corrected chi connectivity index (χ1v) is 9.69. The van der Waals surface area contributed by atoms with Crippen molar-refractivity contribution in [3.8, 4) is 0 Å². The highest BCUT2D eigenvalue weighted by Crippen LogP contribution is 2.40. The maximum atomic E-state index is 12.0. The minimum absolute atomic E-state index is 0.0675. The van der Waals surface area contributed by atoms with Gasteiger partial charge in [-0.05, 0) is 69.8 Å². The van der Waals surface area contributed by atoms with Crippen LogP contribution >= 0.6 is 0 Å². The van der Waals surface area contributed by atoms with E-state index in [0.29, 0.717) is 18.9 Å². The summed E-state index contributed by atoms with van der Waals surface area (Å²) in [5, 5.41) is 9.17. The van der Waals surface area contributed by atoms with Crippen LogP contribution in [0.25, 0.3) is 0 Å². The average Bonchev–Trinajstić information content (AvgIpc) is 3.04. The molecule has 5 heteroatoms. The van der Waals surface area contributed by atoms with Gasteiger partial charge in [0, 0.05) is 25.4 Å². The number of hydrogen-bond donors (Lipinski definition) is 1. The maximum absolute atomic E-state index is 12.0. The number of aryl methyl sites for hydroxylation is 1. The van der Waals surface area contributed by atoms with Crippen LogP contribution in [0.5, 0.6) is 0 Å². The van der Waals surface area contributed by atoms with E-state index in [4.69, 9.17) is 4.42 Å².